The van der Waals surface area contributed by atoms with Gasteiger partial charge in [-0.1, -0.05) is 12.1 Å². The van der Waals surface area contributed by atoms with Crippen LogP contribution in [0.15, 0.2) is 24.3 Å². The molecule has 16 heavy (non-hydrogen) atoms. The first-order valence-electron chi connectivity index (χ1n) is 5.43. The summed E-state index contributed by atoms with van der Waals surface area (Å²) < 4.78 is 0. The lowest BCUT2D eigenvalue weighted by atomic mass is 10.1. The standard InChI is InChI=1S/C13H18N2O/c1-13(2,16)8-10-15-12-5-3-11(4-6-12)7-9-14/h3-6,15-16H,7-8,10H2,1-2H3. The number of nitriles is 1. The fraction of sp³-hybridized carbons (Fsp3) is 0.462. The van der Waals surface area contributed by atoms with E-state index in [1.165, 1.54) is 0 Å². The Hall–Kier alpha value is -1.53. The lowest BCUT2D eigenvalue weighted by Crippen LogP contribution is -2.22. The van der Waals surface area contributed by atoms with E-state index in [0.29, 0.717) is 12.8 Å². The summed E-state index contributed by atoms with van der Waals surface area (Å²) in [5, 5.41) is 21.3. The Balaban J connectivity index is 2.41. The number of hydrogen-bond donors (Lipinski definition) is 2. The molecule has 0 aliphatic heterocycles. The summed E-state index contributed by atoms with van der Waals surface area (Å²) in [4.78, 5) is 0. The largest absolute Gasteiger partial charge is 0.390 e. The molecule has 0 saturated carbocycles. The Morgan fingerprint density at radius 1 is 1.31 bits per heavy atom. The van der Waals surface area contributed by atoms with E-state index in [9.17, 15) is 5.11 Å². The SMILES string of the molecule is CC(C)(O)CCNc1ccc(CC#N)cc1. The summed E-state index contributed by atoms with van der Waals surface area (Å²) in [6, 6.07) is 9.90. The zero-order valence-electron chi connectivity index (χ0n) is 9.83. The van der Waals surface area contributed by atoms with Gasteiger partial charge < -0.3 is 10.4 Å². The van der Waals surface area contributed by atoms with Gasteiger partial charge in [0.15, 0.2) is 0 Å². The predicted octanol–water partition coefficient (Wildman–Crippen LogP) is 2.33. The van der Waals surface area contributed by atoms with Gasteiger partial charge in [0.1, 0.15) is 0 Å². The van der Waals surface area contributed by atoms with Gasteiger partial charge in [0, 0.05) is 12.2 Å². The van der Waals surface area contributed by atoms with Crippen molar-refractivity contribution in [2.24, 2.45) is 0 Å². The molecule has 3 heteroatoms. The van der Waals surface area contributed by atoms with Gasteiger partial charge in [0.25, 0.3) is 0 Å². The van der Waals surface area contributed by atoms with Gasteiger partial charge in [0.2, 0.25) is 0 Å². The van der Waals surface area contributed by atoms with Crippen LogP contribution in [0.1, 0.15) is 25.8 Å². The van der Waals surface area contributed by atoms with Crippen LogP contribution in [0.3, 0.4) is 0 Å². The summed E-state index contributed by atoms with van der Waals surface area (Å²) in [7, 11) is 0. The summed E-state index contributed by atoms with van der Waals surface area (Å²) in [6.07, 6.45) is 1.15. The topological polar surface area (TPSA) is 56.0 Å². The van der Waals surface area contributed by atoms with Crippen LogP contribution in [-0.2, 0) is 6.42 Å². The van der Waals surface area contributed by atoms with Crippen molar-refractivity contribution >= 4 is 5.69 Å². The van der Waals surface area contributed by atoms with Crippen LogP contribution in [0.25, 0.3) is 0 Å². The molecule has 0 fully saturated rings. The van der Waals surface area contributed by atoms with Crippen LogP contribution in [-0.4, -0.2) is 17.3 Å². The molecule has 0 spiro atoms. The second-order valence-electron chi connectivity index (χ2n) is 4.52. The maximum atomic E-state index is 9.53. The highest BCUT2D eigenvalue weighted by molar-refractivity contribution is 5.44. The molecule has 0 amide bonds. The molecule has 0 saturated heterocycles. The van der Waals surface area contributed by atoms with Crippen LogP contribution in [0, 0.1) is 11.3 Å². The van der Waals surface area contributed by atoms with E-state index in [-0.39, 0.29) is 0 Å². The molecule has 86 valence electrons. The van der Waals surface area contributed by atoms with Crippen LogP contribution in [0.4, 0.5) is 5.69 Å². The Bertz CT molecular complexity index is 357. The van der Waals surface area contributed by atoms with Gasteiger partial charge in [0.05, 0.1) is 18.1 Å². The van der Waals surface area contributed by atoms with Gasteiger partial charge in [-0.25, -0.2) is 0 Å². The number of aliphatic hydroxyl groups is 1. The molecule has 0 heterocycles. The zero-order chi connectivity index (χ0) is 12.0. The van der Waals surface area contributed by atoms with Crippen molar-refractivity contribution in [3.8, 4) is 6.07 Å². The molecular weight excluding hydrogens is 200 g/mol. The number of nitrogens with one attached hydrogen (secondary N) is 1. The summed E-state index contributed by atoms with van der Waals surface area (Å²) in [5.41, 5.74) is 1.41. The molecule has 2 N–H and O–H groups in total. The minimum absolute atomic E-state index is 0.448. The van der Waals surface area contributed by atoms with Crippen LogP contribution >= 0.6 is 0 Å². The third-order valence-electron chi connectivity index (χ3n) is 2.30. The molecule has 0 unspecified atom stereocenters. The highest BCUT2D eigenvalue weighted by Crippen LogP contribution is 2.12. The summed E-state index contributed by atoms with van der Waals surface area (Å²) >= 11 is 0. The second-order valence-corrected chi connectivity index (χ2v) is 4.52. The van der Waals surface area contributed by atoms with E-state index in [1.807, 2.05) is 24.3 Å². The normalized spacial score (nSPS) is 10.9. The van der Waals surface area contributed by atoms with E-state index in [1.54, 1.807) is 13.8 Å². The average molecular weight is 218 g/mol. The lowest BCUT2D eigenvalue weighted by molar-refractivity contribution is 0.0749. The van der Waals surface area contributed by atoms with Crippen LogP contribution < -0.4 is 5.32 Å². The Labute approximate surface area is 96.7 Å². The molecule has 0 aromatic heterocycles. The average Bonchev–Trinajstić information content (AvgIpc) is 2.19. The van der Waals surface area contributed by atoms with Crippen molar-refractivity contribution in [1.82, 2.24) is 0 Å². The fourth-order valence-corrected chi connectivity index (χ4v) is 1.34. The molecule has 0 bridgehead atoms. The van der Waals surface area contributed by atoms with Crippen molar-refractivity contribution in [2.45, 2.75) is 32.3 Å². The van der Waals surface area contributed by atoms with Crippen molar-refractivity contribution in [1.29, 1.82) is 5.26 Å². The number of hydrogen-bond acceptors (Lipinski definition) is 3. The van der Waals surface area contributed by atoms with Gasteiger partial charge in [-0.2, -0.15) is 5.26 Å². The molecule has 1 aromatic rings. The van der Waals surface area contributed by atoms with Gasteiger partial charge >= 0.3 is 0 Å². The highest BCUT2D eigenvalue weighted by Gasteiger charge is 2.10. The summed E-state index contributed by atoms with van der Waals surface area (Å²) in [6.45, 7) is 4.33. The molecule has 1 aromatic carbocycles. The van der Waals surface area contributed by atoms with Crippen molar-refractivity contribution < 1.29 is 5.11 Å². The van der Waals surface area contributed by atoms with E-state index >= 15 is 0 Å². The molecular formula is C13H18N2O. The van der Waals surface area contributed by atoms with Crippen molar-refractivity contribution in [3.05, 3.63) is 29.8 Å². The highest BCUT2D eigenvalue weighted by atomic mass is 16.3. The maximum Gasteiger partial charge on any atom is 0.0669 e. The van der Waals surface area contributed by atoms with Gasteiger partial charge in [-0.15, -0.1) is 0 Å². The molecule has 1 rings (SSSR count). The van der Waals surface area contributed by atoms with Crippen molar-refractivity contribution in [2.75, 3.05) is 11.9 Å². The molecule has 0 aliphatic carbocycles. The Morgan fingerprint density at radius 3 is 2.44 bits per heavy atom. The van der Waals surface area contributed by atoms with Crippen LogP contribution in [0.5, 0.6) is 0 Å². The lowest BCUT2D eigenvalue weighted by Gasteiger charge is -2.17. The third-order valence-corrected chi connectivity index (χ3v) is 2.30. The Kier molecular flexibility index (Phi) is 4.33. The minimum Gasteiger partial charge on any atom is -0.390 e. The maximum absolute atomic E-state index is 9.53. The molecule has 0 aliphatic rings. The molecule has 0 atom stereocenters. The second kappa shape index (κ2) is 5.53. The number of anilines is 1. The predicted molar refractivity (Wildman–Crippen MR) is 65.2 cm³/mol. The minimum atomic E-state index is -0.631. The fourth-order valence-electron chi connectivity index (χ4n) is 1.34. The third kappa shape index (κ3) is 4.81. The number of rotatable bonds is 5. The zero-order valence-corrected chi connectivity index (χ0v) is 9.83. The first kappa shape index (κ1) is 12.5. The monoisotopic (exact) mass is 218 g/mol. The van der Waals surface area contributed by atoms with E-state index in [2.05, 4.69) is 11.4 Å². The van der Waals surface area contributed by atoms with Crippen molar-refractivity contribution in [3.63, 3.8) is 0 Å². The first-order chi connectivity index (χ1) is 7.51. The van der Waals surface area contributed by atoms with E-state index in [0.717, 1.165) is 17.8 Å². The number of nitrogens with zero attached hydrogens (tertiary/aromatic N) is 1. The summed E-state index contributed by atoms with van der Waals surface area (Å²) in [5.74, 6) is 0. The Morgan fingerprint density at radius 2 is 1.94 bits per heavy atom. The first-order valence-corrected chi connectivity index (χ1v) is 5.43. The van der Waals surface area contributed by atoms with E-state index in [4.69, 9.17) is 5.26 Å². The smallest absolute Gasteiger partial charge is 0.0669 e. The van der Waals surface area contributed by atoms with Gasteiger partial charge in [-0.05, 0) is 38.0 Å². The van der Waals surface area contributed by atoms with Crippen LogP contribution in [0.2, 0.25) is 0 Å². The molecule has 3 nitrogen and oxygen atoms in total. The quantitative estimate of drug-likeness (QED) is 0.797. The number of benzene rings is 1. The molecule has 0 radical (unpaired) electrons. The van der Waals surface area contributed by atoms with Gasteiger partial charge in [-0.3, -0.25) is 0 Å². The van der Waals surface area contributed by atoms with E-state index < -0.39 is 5.60 Å².